The van der Waals surface area contributed by atoms with Crippen LogP contribution in [-0.2, 0) is 4.79 Å². The Morgan fingerprint density at radius 2 is 2.11 bits per heavy atom. The number of ether oxygens (including phenoxy) is 1. The van der Waals surface area contributed by atoms with E-state index >= 15 is 0 Å². The van der Waals surface area contributed by atoms with Gasteiger partial charge in [0.1, 0.15) is 0 Å². The summed E-state index contributed by atoms with van der Waals surface area (Å²) >= 11 is 11.3. The Kier molecular flexibility index (Phi) is 6.06. The lowest BCUT2D eigenvalue weighted by atomic mass is 9.94. The maximum Gasteiger partial charge on any atom is 0.255 e. The SMILES string of the molecule is CCOc1cc([C@@H]2NC(=S)NC(C)=C2C(=O)Nc2cccc(Cl)c2)ccc1O. The molecule has 4 N–H and O–H groups in total. The third-order valence-corrected chi connectivity index (χ3v) is 4.67. The quantitative estimate of drug-likeness (QED) is 0.553. The van der Waals surface area contributed by atoms with Crippen LogP contribution >= 0.6 is 23.8 Å². The zero-order chi connectivity index (χ0) is 20.3. The zero-order valence-corrected chi connectivity index (χ0v) is 16.9. The van der Waals surface area contributed by atoms with Crippen molar-refractivity contribution in [2.24, 2.45) is 0 Å². The fourth-order valence-electron chi connectivity index (χ4n) is 2.99. The second-order valence-corrected chi connectivity index (χ2v) is 7.04. The van der Waals surface area contributed by atoms with E-state index in [1.807, 2.05) is 6.92 Å². The number of halogens is 1. The first-order chi connectivity index (χ1) is 13.4. The van der Waals surface area contributed by atoms with Crippen molar-refractivity contribution in [3.05, 3.63) is 64.3 Å². The van der Waals surface area contributed by atoms with E-state index in [0.29, 0.717) is 39.4 Å². The van der Waals surface area contributed by atoms with Crippen molar-refractivity contribution < 1.29 is 14.6 Å². The number of thiocarbonyl (C=S) groups is 1. The van der Waals surface area contributed by atoms with Gasteiger partial charge in [0.25, 0.3) is 5.91 Å². The van der Waals surface area contributed by atoms with Crippen LogP contribution < -0.4 is 20.7 Å². The molecule has 1 atom stereocenters. The fraction of sp³-hybridized carbons (Fsp3) is 0.200. The number of nitrogens with one attached hydrogen (secondary N) is 3. The number of phenolic OH excluding ortho intramolecular Hbond substituents is 1. The van der Waals surface area contributed by atoms with Crippen LogP contribution in [0.5, 0.6) is 11.5 Å². The van der Waals surface area contributed by atoms with Gasteiger partial charge < -0.3 is 25.8 Å². The van der Waals surface area contributed by atoms with E-state index in [1.165, 1.54) is 6.07 Å². The lowest BCUT2D eigenvalue weighted by Crippen LogP contribution is -2.45. The first kappa shape index (κ1) is 20.0. The summed E-state index contributed by atoms with van der Waals surface area (Å²) in [5.74, 6) is 0.0875. The van der Waals surface area contributed by atoms with Crippen molar-refractivity contribution in [2.45, 2.75) is 19.9 Å². The molecule has 3 rings (SSSR count). The zero-order valence-electron chi connectivity index (χ0n) is 15.4. The van der Waals surface area contributed by atoms with Gasteiger partial charge in [-0.1, -0.05) is 23.7 Å². The van der Waals surface area contributed by atoms with Gasteiger partial charge in [-0.3, -0.25) is 4.79 Å². The number of benzene rings is 2. The summed E-state index contributed by atoms with van der Waals surface area (Å²) in [6, 6.07) is 11.4. The topological polar surface area (TPSA) is 82.6 Å². The number of carbonyl (C=O) groups is 1. The summed E-state index contributed by atoms with van der Waals surface area (Å²) in [5.41, 5.74) is 2.44. The summed E-state index contributed by atoms with van der Waals surface area (Å²) in [4.78, 5) is 13.0. The molecule has 28 heavy (non-hydrogen) atoms. The van der Waals surface area contributed by atoms with Gasteiger partial charge in [0, 0.05) is 16.4 Å². The molecule has 0 aromatic heterocycles. The molecule has 1 amide bonds. The van der Waals surface area contributed by atoms with Gasteiger partial charge in [-0.25, -0.2) is 0 Å². The summed E-state index contributed by atoms with van der Waals surface area (Å²) in [6.45, 7) is 4.03. The third-order valence-electron chi connectivity index (χ3n) is 4.21. The van der Waals surface area contributed by atoms with E-state index in [9.17, 15) is 9.90 Å². The molecule has 0 radical (unpaired) electrons. The monoisotopic (exact) mass is 417 g/mol. The first-order valence-electron chi connectivity index (χ1n) is 8.70. The fourth-order valence-corrected chi connectivity index (χ4v) is 3.45. The Bertz CT molecular complexity index is 961. The van der Waals surface area contributed by atoms with Gasteiger partial charge in [0.2, 0.25) is 0 Å². The molecule has 0 saturated carbocycles. The van der Waals surface area contributed by atoms with Crippen LogP contribution in [0.15, 0.2) is 53.7 Å². The van der Waals surface area contributed by atoms with E-state index in [4.69, 9.17) is 28.6 Å². The lowest BCUT2D eigenvalue weighted by Gasteiger charge is -2.30. The minimum Gasteiger partial charge on any atom is -0.504 e. The lowest BCUT2D eigenvalue weighted by molar-refractivity contribution is -0.113. The molecule has 0 bridgehead atoms. The molecule has 2 aromatic carbocycles. The predicted molar refractivity (Wildman–Crippen MR) is 114 cm³/mol. The number of rotatable bonds is 5. The second-order valence-electron chi connectivity index (χ2n) is 6.19. The molecule has 8 heteroatoms. The minimum atomic E-state index is -0.507. The number of phenols is 1. The van der Waals surface area contributed by atoms with Crippen LogP contribution in [0.2, 0.25) is 5.02 Å². The summed E-state index contributed by atoms with van der Waals surface area (Å²) in [7, 11) is 0. The summed E-state index contributed by atoms with van der Waals surface area (Å²) in [5, 5.41) is 19.9. The van der Waals surface area contributed by atoms with Crippen LogP contribution in [0.1, 0.15) is 25.5 Å². The van der Waals surface area contributed by atoms with E-state index in [1.54, 1.807) is 43.3 Å². The average molecular weight is 418 g/mol. The van der Waals surface area contributed by atoms with Gasteiger partial charge >= 0.3 is 0 Å². The van der Waals surface area contributed by atoms with Crippen molar-refractivity contribution in [1.29, 1.82) is 0 Å². The maximum absolute atomic E-state index is 13.0. The number of allylic oxidation sites excluding steroid dienone is 1. The van der Waals surface area contributed by atoms with Crippen LogP contribution in [0.3, 0.4) is 0 Å². The Balaban J connectivity index is 1.97. The van der Waals surface area contributed by atoms with Crippen molar-refractivity contribution in [2.75, 3.05) is 11.9 Å². The smallest absolute Gasteiger partial charge is 0.255 e. The summed E-state index contributed by atoms with van der Waals surface area (Å²) in [6.07, 6.45) is 0. The van der Waals surface area contributed by atoms with Crippen LogP contribution in [0.4, 0.5) is 5.69 Å². The van der Waals surface area contributed by atoms with Crippen molar-refractivity contribution in [3.63, 3.8) is 0 Å². The molecule has 1 heterocycles. The third kappa shape index (κ3) is 4.37. The highest BCUT2D eigenvalue weighted by Crippen LogP contribution is 2.34. The molecule has 0 spiro atoms. The highest BCUT2D eigenvalue weighted by Gasteiger charge is 2.30. The first-order valence-corrected chi connectivity index (χ1v) is 9.48. The van der Waals surface area contributed by atoms with Gasteiger partial charge in [-0.2, -0.15) is 0 Å². The van der Waals surface area contributed by atoms with Gasteiger partial charge in [-0.05, 0) is 62.0 Å². The summed E-state index contributed by atoms with van der Waals surface area (Å²) < 4.78 is 5.47. The Labute approximate surface area is 173 Å². The highest BCUT2D eigenvalue weighted by molar-refractivity contribution is 7.80. The molecule has 0 fully saturated rings. The molecule has 1 aliphatic rings. The van der Waals surface area contributed by atoms with Crippen molar-refractivity contribution in [1.82, 2.24) is 10.6 Å². The Morgan fingerprint density at radius 1 is 1.32 bits per heavy atom. The molecule has 0 aliphatic carbocycles. The van der Waals surface area contributed by atoms with E-state index < -0.39 is 6.04 Å². The molecule has 2 aromatic rings. The van der Waals surface area contributed by atoms with Crippen LogP contribution in [0, 0.1) is 0 Å². The van der Waals surface area contributed by atoms with E-state index in [-0.39, 0.29) is 11.7 Å². The predicted octanol–water partition coefficient (Wildman–Crippen LogP) is 3.88. The maximum atomic E-state index is 13.0. The van der Waals surface area contributed by atoms with Crippen LogP contribution in [0.25, 0.3) is 0 Å². The average Bonchev–Trinajstić information content (AvgIpc) is 2.63. The minimum absolute atomic E-state index is 0.0349. The number of anilines is 1. The highest BCUT2D eigenvalue weighted by atomic mass is 35.5. The Morgan fingerprint density at radius 3 is 2.82 bits per heavy atom. The Hall–Kier alpha value is -2.77. The molecule has 6 nitrogen and oxygen atoms in total. The largest absolute Gasteiger partial charge is 0.504 e. The van der Waals surface area contributed by atoms with Crippen molar-refractivity contribution >= 4 is 40.5 Å². The van der Waals surface area contributed by atoms with E-state index in [0.717, 1.165) is 5.56 Å². The molecule has 1 aliphatic heterocycles. The van der Waals surface area contributed by atoms with Crippen LogP contribution in [-0.4, -0.2) is 22.7 Å². The van der Waals surface area contributed by atoms with Gasteiger partial charge in [0.15, 0.2) is 16.6 Å². The van der Waals surface area contributed by atoms with E-state index in [2.05, 4.69) is 16.0 Å². The van der Waals surface area contributed by atoms with Gasteiger partial charge in [0.05, 0.1) is 18.2 Å². The number of hydrogen-bond acceptors (Lipinski definition) is 4. The second kappa shape index (κ2) is 8.50. The normalized spacial score (nSPS) is 16.2. The van der Waals surface area contributed by atoms with Gasteiger partial charge in [-0.15, -0.1) is 0 Å². The standard InChI is InChI=1S/C20H20ClN3O3S/c1-3-27-16-9-12(7-8-15(16)25)18-17(11(2)22-20(28)24-18)19(26)23-14-6-4-5-13(21)10-14/h4-10,18,25H,3H2,1-2H3,(H,23,26)(H2,22,24,28)/t18-/m0/s1. The molecular weight excluding hydrogens is 398 g/mol. The number of amides is 1. The number of hydrogen-bond donors (Lipinski definition) is 4. The molecular formula is C20H20ClN3O3S. The molecule has 146 valence electrons. The number of carbonyl (C=O) groups excluding carboxylic acids is 1. The number of aromatic hydroxyl groups is 1. The van der Waals surface area contributed by atoms with Crippen molar-refractivity contribution in [3.8, 4) is 11.5 Å². The molecule has 0 unspecified atom stereocenters. The molecule has 0 saturated heterocycles.